The highest BCUT2D eigenvalue weighted by Gasteiger charge is 2.51. The van der Waals surface area contributed by atoms with Gasteiger partial charge < -0.3 is 4.74 Å². The van der Waals surface area contributed by atoms with Gasteiger partial charge in [-0.2, -0.15) is 8.78 Å². The molecule has 0 amide bonds. The predicted molar refractivity (Wildman–Crippen MR) is 90.9 cm³/mol. The molecule has 4 rings (SSSR count). The quantitative estimate of drug-likeness (QED) is 0.548. The average molecular weight is 364 g/mol. The van der Waals surface area contributed by atoms with Gasteiger partial charge in [0, 0.05) is 17.0 Å². The molecular weight excluding hydrogens is 344 g/mol. The van der Waals surface area contributed by atoms with Crippen molar-refractivity contribution in [1.82, 2.24) is 0 Å². The molecule has 26 heavy (non-hydrogen) atoms. The van der Waals surface area contributed by atoms with Gasteiger partial charge in [-0.3, -0.25) is 0 Å². The Morgan fingerprint density at radius 2 is 1.77 bits per heavy atom. The Kier molecular flexibility index (Phi) is 4.10. The van der Waals surface area contributed by atoms with Crippen LogP contribution < -0.4 is 0 Å². The first kappa shape index (κ1) is 17.5. The number of hydrogen-bond acceptors (Lipinski definition) is 1. The number of hydrogen-bond donors (Lipinski definition) is 0. The molecule has 0 spiro atoms. The van der Waals surface area contributed by atoms with Crippen molar-refractivity contribution >= 4 is 0 Å². The van der Waals surface area contributed by atoms with Crippen LogP contribution in [0.4, 0.5) is 17.6 Å². The summed E-state index contributed by atoms with van der Waals surface area (Å²) in [6, 6.07) is 8.72. The van der Waals surface area contributed by atoms with Crippen molar-refractivity contribution in [3.05, 3.63) is 58.7 Å². The first-order chi connectivity index (χ1) is 12.3. The third kappa shape index (κ3) is 2.73. The Labute approximate surface area is 150 Å². The van der Waals surface area contributed by atoms with Gasteiger partial charge in [-0.15, -0.1) is 0 Å². The van der Waals surface area contributed by atoms with Gasteiger partial charge in [0.15, 0.2) is 11.6 Å². The molecule has 0 saturated carbocycles. The van der Waals surface area contributed by atoms with Crippen molar-refractivity contribution in [3.8, 4) is 11.1 Å². The molecule has 1 heterocycles. The molecule has 0 bridgehead atoms. The summed E-state index contributed by atoms with van der Waals surface area (Å²) < 4.78 is 62.8. The molecule has 0 radical (unpaired) electrons. The standard InChI is InChI=1S/C21H20F4O/c1-11-3-5-13(6-4-11)16-10-14-7-8-15-9-12(2)21(24,25)26-20(15)17(14)19(23)18(16)22/h3-6,10,12,15,20H,7-9H2,1-2H3. The fourth-order valence-corrected chi connectivity index (χ4v) is 4.15. The SMILES string of the molecule is Cc1ccc(-c2cc3c(c(F)c2F)C2OC(F)(F)C(C)CC2CC3)cc1. The van der Waals surface area contributed by atoms with E-state index < -0.39 is 29.8 Å². The average Bonchev–Trinajstić information content (AvgIpc) is 2.59. The fourth-order valence-electron chi connectivity index (χ4n) is 4.15. The first-order valence-corrected chi connectivity index (χ1v) is 8.91. The molecule has 2 aromatic rings. The van der Waals surface area contributed by atoms with Gasteiger partial charge in [-0.05, 0) is 49.3 Å². The van der Waals surface area contributed by atoms with E-state index in [9.17, 15) is 17.6 Å². The predicted octanol–water partition coefficient (Wildman–Crippen LogP) is 6.19. The van der Waals surface area contributed by atoms with Gasteiger partial charge in [0.05, 0.1) is 6.10 Å². The highest BCUT2D eigenvalue weighted by atomic mass is 19.3. The van der Waals surface area contributed by atoms with E-state index in [-0.39, 0.29) is 23.5 Å². The van der Waals surface area contributed by atoms with Crippen LogP contribution in [0.15, 0.2) is 30.3 Å². The Morgan fingerprint density at radius 1 is 1.08 bits per heavy atom. The molecule has 1 nitrogen and oxygen atoms in total. The van der Waals surface area contributed by atoms with Crippen LogP contribution in [-0.4, -0.2) is 6.11 Å². The Bertz CT molecular complexity index is 844. The second kappa shape index (κ2) is 6.08. The largest absolute Gasteiger partial charge is 0.358 e. The van der Waals surface area contributed by atoms with Crippen molar-refractivity contribution < 1.29 is 22.3 Å². The Morgan fingerprint density at radius 3 is 2.46 bits per heavy atom. The third-order valence-corrected chi connectivity index (χ3v) is 5.70. The van der Waals surface area contributed by atoms with Gasteiger partial charge in [-0.25, -0.2) is 8.78 Å². The van der Waals surface area contributed by atoms with E-state index in [2.05, 4.69) is 0 Å². The molecule has 5 heteroatoms. The fraction of sp³-hybridized carbons (Fsp3) is 0.429. The number of aryl methyl sites for hydroxylation is 2. The Hall–Kier alpha value is -1.88. The van der Waals surface area contributed by atoms with Gasteiger partial charge in [-0.1, -0.05) is 36.8 Å². The van der Waals surface area contributed by atoms with E-state index in [1.54, 1.807) is 18.2 Å². The van der Waals surface area contributed by atoms with Crippen LogP contribution in [0.25, 0.3) is 11.1 Å². The number of alkyl halides is 2. The molecular formula is C21H20F4O. The minimum atomic E-state index is -3.33. The van der Waals surface area contributed by atoms with E-state index in [4.69, 9.17) is 4.74 Å². The van der Waals surface area contributed by atoms with Crippen molar-refractivity contribution in [2.24, 2.45) is 11.8 Å². The summed E-state index contributed by atoms with van der Waals surface area (Å²) in [7, 11) is 0. The van der Waals surface area contributed by atoms with Crippen molar-refractivity contribution in [1.29, 1.82) is 0 Å². The maximum atomic E-state index is 14.9. The molecule has 0 N–H and O–H groups in total. The summed E-state index contributed by atoms with van der Waals surface area (Å²) in [5.41, 5.74) is 2.28. The minimum absolute atomic E-state index is 0.0267. The first-order valence-electron chi connectivity index (χ1n) is 8.91. The van der Waals surface area contributed by atoms with Crippen LogP contribution in [0.3, 0.4) is 0 Å². The molecule has 1 fully saturated rings. The van der Waals surface area contributed by atoms with Gasteiger partial charge >= 0.3 is 6.11 Å². The molecule has 3 unspecified atom stereocenters. The lowest BCUT2D eigenvalue weighted by atomic mass is 9.74. The Balaban J connectivity index is 1.81. The maximum absolute atomic E-state index is 14.9. The van der Waals surface area contributed by atoms with E-state index in [1.807, 2.05) is 19.1 Å². The van der Waals surface area contributed by atoms with Crippen LogP contribution in [0.1, 0.15) is 42.6 Å². The van der Waals surface area contributed by atoms with Crippen molar-refractivity contribution in [3.63, 3.8) is 0 Å². The zero-order chi connectivity index (χ0) is 18.6. The molecule has 1 aliphatic heterocycles. The van der Waals surface area contributed by atoms with Crippen LogP contribution in [0.5, 0.6) is 0 Å². The summed E-state index contributed by atoms with van der Waals surface area (Å²) in [4.78, 5) is 0. The van der Waals surface area contributed by atoms with Crippen LogP contribution in [0, 0.1) is 30.4 Å². The molecule has 3 atom stereocenters. The number of rotatable bonds is 1. The summed E-state index contributed by atoms with van der Waals surface area (Å²) in [5, 5.41) is 0. The minimum Gasteiger partial charge on any atom is -0.312 e. The number of benzene rings is 2. The second-order valence-electron chi connectivity index (χ2n) is 7.53. The lowest BCUT2D eigenvalue weighted by molar-refractivity contribution is -0.328. The van der Waals surface area contributed by atoms with Gasteiger partial charge in [0.25, 0.3) is 0 Å². The van der Waals surface area contributed by atoms with E-state index in [1.165, 1.54) is 6.92 Å². The van der Waals surface area contributed by atoms with Crippen LogP contribution in [-0.2, 0) is 11.2 Å². The highest BCUT2D eigenvalue weighted by molar-refractivity contribution is 5.66. The van der Waals surface area contributed by atoms with Crippen molar-refractivity contribution in [2.75, 3.05) is 0 Å². The maximum Gasteiger partial charge on any atom is 0.358 e. The molecule has 1 aliphatic carbocycles. The summed E-state index contributed by atoms with van der Waals surface area (Å²) in [5.74, 6) is -3.20. The monoisotopic (exact) mass is 364 g/mol. The normalized spacial score (nSPS) is 26.9. The topological polar surface area (TPSA) is 9.23 Å². The number of fused-ring (bicyclic) bond motifs is 3. The zero-order valence-corrected chi connectivity index (χ0v) is 14.7. The number of halogens is 4. The van der Waals surface area contributed by atoms with Gasteiger partial charge in [0.1, 0.15) is 0 Å². The third-order valence-electron chi connectivity index (χ3n) is 5.70. The molecule has 138 valence electrons. The summed E-state index contributed by atoms with van der Waals surface area (Å²) >= 11 is 0. The van der Waals surface area contributed by atoms with E-state index >= 15 is 0 Å². The zero-order valence-electron chi connectivity index (χ0n) is 14.7. The van der Waals surface area contributed by atoms with Gasteiger partial charge in [0.2, 0.25) is 0 Å². The summed E-state index contributed by atoms with van der Waals surface area (Å²) in [6.07, 6.45) is -3.00. The molecule has 0 aromatic heterocycles. The lowest BCUT2D eigenvalue weighted by Gasteiger charge is -2.43. The lowest BCUT2D eigenvalue weighted by Crippen LogP contribution is -2.42. The molecule has 2 aromatic carbocycles. The molecule has 1 saturated heterocycles. The van der Waals surface area contributed by atoms with Crippen LogP contribution in [0.2, 0.25) is 0 Å². The highest BCUT2D eigenvalue weighted by Crippen LogP contribution is 2.51. The second-order valence-corrected chi connectivity index (χ2v) is 7.53. The van der Waals surface area contributed by atoms with Crippen LogP contribution >= 0.6 is 0 Å². The van der Waals surface area contributed by atoms with E-state index in [0.29, 0.717) is 24.0 Å². The summed E-state index contributed by atoms with van der Waals surface area (Å²) in [6.45, 7) is 3.35. The van der Waals surface area contributed by atoms with E-state index in [0.717, 1.165) is 5.56 Å². The number of ether oxygens (including phenoxy) is 1. The molecule has 2 aliphatic rings. The van der Waals surface area contributed by atoms with Crippen molar-refractivity contribution in [2.45, 2.75) is 45.3 Å². The smallest absolute Gasteiger partial charge is 0.312 e.